The summed E-state index contributed by atoms with van der Waals surface area (Å²) in [5, 5.41) is 15.6. The van der Waals surface area contributed by atoms with Gasteiger partial charge < -0.3 is 14.8 Å². The number of ether oxygens (including phenoxy) is 2. The molecule has 0 spiro atoms. The lowest BCUT2D eigenvalue weighted by atomic mass is 10.1. The highest BCUT2D eigenvalue weighted by Crippen LogP contribution is 2.23. The molecule has 2 aromatic heterocycles. The van der Waals surface area contributed by atoms with Crippen molar-refractivity contribution in [2.45, 2.75) is 6.92 Å². The number of carbonyl (C=O) groups excluding carboxylic acids is 1. The van der Waals surface area contributed by atoms with Crippen molar-refractivity contribution >= 4 is 17.6 Å². The molecule has 0 atom stereocenters. The van der Waals surface area contributed by atoms with Gasteiger partial charge in [0, 0.05) is 12.6 Å². The number of methoxy groups -OCH3 is 1. The van der Waals surface area contributed by atoms with E-state index in [0.717, 1.165) is 17.0 Å². The molecule has 0 unspecified atom stereocenters. The summed E-state index contributed by atoms with van der Waals surface area (Å²) in [6.07, 6.45) is 1.46. The maximum Gasteiger partial charge on any atom is 0.343 e. The summed E-state index contributed by atoms with van der Waals surface area (Å²) >= 11 is 0. The minimum absolute atomic E-state index is 0.295. The van der Waals surface area contributed by atoms with Crippen LogP contribution < -0.4 is 10.1 Å². The van der Waals surface area contributed by atoms with Crippen molar-refractivity contribution < 1.29 is 14.3 Å². The fourth-order valence-electron chi connectivity index (χ4n) is 2.38. The monoisotopic (exact) mass is 353 g/mol. The summed E-state index contributed by atoms with van der Waals surface area (Å²) in [5.41, 5.74) is 2.00. The zero-order valence-corrected chi connectivity index (χ0v) is 14.8. The average molecular weight is 353 g/mol. The van der Waals surface area contributed by atoms with E-state index in [1.54, 1.807) is 31.8 Å². The third-order valence-corrected chi connectivity index (χ3v) is 3.73. The van der Waals surface area contributed by atoms with Gasteiger partial charge in [0.2, 0.25) is 0 Å². The molecule has 2 heterocycles. The van der Waals surface area contributed by atoms with E-state index in [-0.39, 0.29) is 0 Å². The molecule has 0 amide bonds. The third-order valence-electron chi connectivity index (χ3n) is 3.73. The van der Waals surface area contributed by atoms with E-state index in [1.807, 2.05) is 30.3 Å². The Labute approximate surface area is 150 Å². The smallest absolute Gasteiger partial charge is 0.343 e. The van der Waals surface area contributed by atoms with Gasteiger partial charge in [-0.25, -0.2) is 4.79 Å². The molecule has 3 aromatic rings. The lowest BCUT2D eigenvalue weighted by Gasteiger charge is -2.09. The molecule has 134 valence electrons. The van der Waals surface area contributed by atoms with Crippen molar-refractivity contribution in [1.82, 2.24) is 20.0 Å². The maximum absolute atomic E-state index is 12.0. The standard InChI is InChI=1S/C18H19N5O3/c1-4-26-18(24)14-11-19-23(2)17(14)20-16-10-9-15(21-22-16)12-5-7-13(25-3)8-6-12/h5-11H,4H2,1-3H3,(H,20,22). The SMILES string of the molecule is CCOC(=O)c1cnn(C)c1Nc1ccc(-c2ccc(OC)cc2)nn1. The molecule has 0 saturated heterocycles. The summed E-state index contributed by atoms with van der Waals surface area (Å²) in [5.74, 6) is 1.33. The molecule has 8 nitrogen and oxygen atoms in total. The van der Waals surface area contributed by atoms with Crippen LogP contribution in [0, 0.1) is 0 Å². The first kappa shape index (κ1) is 17.4. The van der Waals surface area contributed by atoms with E-state index < -0.39 is 5.97 Å². The number of aromatic nitrogens is 4. The summed E-state index contributed by atoms with van der Waals surface area (Å²) in [6.45, 7) is 2.05. The number of carbonyl (C=O) groups is 1. The van der Waals surface area contributed by atoms with E-state index in [4.69, 9.17) is 9.47 Å². The van der Waals surface area contributed by atoms with Gasteiger partial charge in [0.15, 0.2) is 5.82 Å². The van der Waals surface area contributed by atoms with Gasteiger partial charge in [0.1, 0.15) is 17.1 Å². The molecule has 0 bridgehead atoms. The summed E-state index contributed by atoms with van der Waals surface area (Å²) in [7, 11) is 3.35. The van der Waals surface area contributed by atoms with Crippen LogP contribution in [-0.4, -0.2) is 39.7 Å². The molecule has 0 fully saturated rings. The van der Waals surface area contributed by atoms with Crippen LogP contribution in [0.25, 0.3) is 11.3 Å². The van der Waals surface area contributed by atoms with E-state index in [2.05, 4.69) is 20.6 Å². The number of nitrogens with one attached hydrogen (secondary N) is 1. The summed E-state index contributed by atoms with van der Waals surface area (Å²) < 4.78 is 11.7. The zero-order chi connectivity index (χ0) is 18.5. The average Bonchev–Trinajstić information content (AvgIpc) is 3.03. The van der Waals surface area contributed by atoms with Gasteiger partial charge in [-0.2, -0.15) is 5.10 Å². The predicted molar refractivity (Wildman–Crippen MR) is 96.5 cm³/mol. The number of hydrogen-bond acceptors (Lipinski definition) is 7. The van der Waals surface area contributed by atoms with Crippen molar-refractivity contribution in [2.24, 2.45) is 7.05 Å². The van der Waals surface area contributed by atoms with E-state index in [1.165, 1.54) is 6.20 Å². The Morgan fingerprint density at radius 3 is 2.54 bits per heavy atom. The summed E-state index contributed by atoms with van der Waals surface area (Å²) in [4.78, 5) is 12.0. The lowest BCUT2D eigenvalue weighted by Crippen LogP contribution is -2.09. The Bertz CT molecular complexity index is 888. The van der Waals surface area contributed by atoms with E-state index >= 15 is 0 Å². The molecule has 1 aromatic carbocycles. The van der Waals surface area contributed by atoms with Crippen LogP contribution in [0.1, 0.15) is 17.3 Å². The topological polar surface area (TPSA) is 91.2 Å². The van der Waals surface area contributed by atoms with E-state index in [9.17, 15) is 4.79 Å². The molecule has 1 N–H and O–H groups in total. The van der Waals surface area contributed by atoms with Gasteiger partial charge >= 0.3 is 5.97 Å². The second-order valence-electron chi connectivity index (χ2n) is 5.41. The molecule has 8 heteroatoms. The molecule has 3 rings (SSSR count). The molecule has 0 aliphatic heterocycles. The number of esters is 1. The largest absolute Gasteiger partial charge is 0.497 e. The first-order valence-corrected chi connectivity index (χ1v) is 8.06. The minimum atomic E-state index is -0.439. The zero-order valence-electron chi connectivity index (χ0n) is 14.8. The Hall–Kier alpha value is -3.42. The Kier molecular flexibility index (Phi) is 5.12. The van der Waals surface area contributed by atoms with Gasteiger partial charge in [0.25, 0.3) is 0 Å². The third kappa shape index (κ3) is 3.64. The number of rotatable bonds is 6. The van der Waals surface area contributed by atoms with Gasteiger partial charge in [-0.05, 0) is 43.3 Å². The molecular weight excluding hydrogens is 334 g/mol. The molecular formula is C18H19N5O3. The van der Waals surface area contributed by atoms with Crippen LogP contribution in [0.3, 0.4) is 0 Å². The van der Waals surface area contributed by atoms with Crippen LogP contribution in [0.2, 0.25) is 0 Å². The van der Waals surface area contributed by atoms with Crippen LogP contribution in [0.15, 0.2) is 42.6 Å². The molecule has 0 aliphatic carbocycles. The second kappa shape index (κ2) is 7.64. The predicted octanol–water partition coefficient (Wildman–Crippen LogP) is 2.81. The quantitative estimate of drug-likeness (QED) is 0.681. The first-order valence-electron chi connectivity index (χ1n) is 8.06. The minimum Gasteiger partial charge on any atom is -0.497 e. The van der Waals surface area contributed by atoms with Gasteiger partial charge in [-0.3, -0.25) is 4.68 Å². The first-order chi connectivity index (χ1) is 12.6. The van der Waals surface area contributed by atoms with Crippen molar-refractivity contribution in [3.8, 4) is 17.0 Å². The number of anilines is 2. The number of benzene rings is 1. The highest BCUT2D eigenvalue weighted by Gasteiger charge is 2.18. The number of nitrogens with zero attached hydrogens (tertiary/aromatic N) is 4. The van der Waals surface area contributed by atoms with Gasteiger partial charge in [-0.15, -0.1) is 10.2 Å². The van der Waals surface area contributed by atoms with Crippen molar-refractivity contribution in [2.75, 3.05) is 19.0 Å². The van der Waals surface area contributed by atoms with E-state index in [0.29, 0.717) is 23.8 Å². The Morgan fingerprint density at radius 1 is 1.15 bits per heavy atom. The van der Waals surface area contributed by atoms with Crippen LogP contribution in [0.5, 0.6) is 5.75 Å². The Balaban J connectivity index is 1.79. The molecule has 26 heavy (non-hydrogen) atoms. The van der Waals surface area contributed by atoms with Crippen LogP contribution >= 0.6 is 0 Å². The van der Waals surface area contributed by atoms with Crippen molar-refractivity contribution in [1.29, 1.82) is 0 Å². The van der Waals surface area contributed by atoms with Crippen LogP contribution in [0.4, 0.5) is 11.6 Å². The fraction of sp³-hybridized carbons (Fsp3) is 0.222. The van der Waals surface area contributed by atoms with Gasteiger partial charge in [-0.1, -0.05) is 0 Å². The normalized spacial score (nSPS) is 10.4. The maximum atomic E-state index is 12.0. The highest BCUT2D eigenvalue weighted by atomic mass is 16.5. The molecule has 0 radical (unpaired) electrons. The second-order valence-corrected chi connectivity index (χ2v) is 5.41. The van der Waals surface area contributed by atoms with Crippen molar-refractivity contribution in [3.63, 3.8) is 0 Å². The molecule has 0 aliphatic rings. The van der Waals surface area contributed by atoms with Crippen LogP contribution in [-0.2, 0) is 11.8 Å². The number of aryl methyl sites for hydroxylation is 1. The lowest BCUT2D eigenvalue weighted by molar-refractivity contribution is 0.0527. The molecule has 0 saturated carbocycles. The Morgan fingerprint density at radius 2 is 1.92 bits per heavy atom. The summed E-state index contributed by atoms with van der Waals surface area (Å²) in [6, 6.07) is 11.2. The van der Waals surface area contributed by atoms with Gasteiger partial charge in [0.05, 0.1) is 25.6 Å². The highest BCUT2D eigenvalue weighted by molar-refractivity contribution is 5.95. The van der Waals surface area contributed by atoms with Crippen molar-refractivity contribution in [3.05, 3.63) is 48.2 Å². The number of hydrogen-bond donors (Lipinski definition) is 1. The fourth-order valence-corrected chi connectivity index (χ4v) is 2.38.